The second kappa shape index (κ2) is 7.64. The van der Waals surface area contributed by atoms with Gasteiger partial charge >= 0.3 is 11.9 Å². The van der Waals surface area contributed by atoms with Gasteiger partial charge in [-0.05, 0) is 39.3 Å². The van der Waals surface area contributed by atoms with Crippen molar-refractivity contribution in [3.05, 3.63) is 47.1 Å². The van der Waals surface area contributed by atoms with Crippen LogP contribution < -0.4 is 0 Å². The molecule has 134 valence electrons. The van der Waals surface area contributed by atoms with Gasteiger partial charge in [0.1, 0.15) is 12.2 Å². The van der Waals surface area contributed by atoms with Gasteiger partial charge in [-0.25, -0.2) is 9.59 Å². The summed E-state index contributed by atoms with van der Waals surface area (Å²) in [6, 6.07) is 0. The van der Waals surface area contributed by atoms with Crippen LogP contribution in [0.1, 0.15) is 40.5 Å². The number of esters is 2. The topological polar surface area (TPSA) is 69.7 Å². The Morgan fingerprint density at radius 1 is 1.36 bits per heavy atom. The molecule has 5 nitrogen and oxygen atoms in total. The van der Waals surface area contributed by atoms with Crippen molar-refractivity contribution in [3.8, 4) is 0 Å². The molecule has 0 unspecified atom stereocenters. The first-order chi connectivity index (χ1) is 11.7. The fraction of sp³-hybridized carbons (Fsp3) is 0.450. The minimum Gasteiger partial charge on any atom is -0.458 e. The monoisotopic (exact) mass is 344 g/mol. The zero-order valence-corrected chi connectivity index (χ0v) is 15.1. The van der Waals surface area contributed by atoms with Crippen LogP contribution in [-0.2, 0) is 23.9 Å². The van der Waals surface area contributed by atoms with Crippen molar-refractivity contribution in [1.29, 1.82) is 0 Å². The summed E-state index contributed by atoms with van der Waals surface area (Å²) in [5.74, 6) is -1.48. The molecule has 0 spiro atoms. The molecule has 0 amide bonds. The van der Waals surface area contributed by atoms with E-state index in [9.17, 15) is 14.4 Å². The Labute approximate surface area is 148 Å². The number of rotatable bonds is 2. The number of Topliss-reactive ketones (excluding diaryl/α,β-unsaturated/α-hetero) is 1. The van der Waals surface area contributed by atoms with E-state index in [1.54, 1.807) is 32.9 Å². The predicted octanol–water partition coefficient (Wildman–Crippen LogP) is 3.22. The van der Waals surface area contributed by atoms with E-state index in [0.717, 1.165) is 5.57 Å². The molecule has 25 heavy (non-hydrogen) atoms. The van der Waals surface area contributed by atoms with Crippen LogP contribution in [0.4, 0.5) is 0 Å². The van der Waals surface area contributed by atoms with Crippen molar-refractivity contribution in [2.75, 3.05) is 0 Å². The number of carbonyl (C=O) groups is 3. The highest BCUT2D eigenvalue weighted by atomic mass is 16.6. The van der Waals surface area contributed by atoms with Gasteiger partial charge in [0.15, 0.2) is 5.78 Å². The van der Waals surface area contributed by atoms with E-state index in [0.29, 0.717) is 17.6 Å². The Morgan fingerprint density at radius 2 is 2.04 bits per heavy atom. The lowest BCUT2D eigenvalue weighted by atomic mass is 9.85. The second-order valence-corrected chi connectivity index (χ2v) is 6.57. The first-order valence-electron chi connectivity index (χ1n) is 8.35. The van der Waals surface area contributed by atoms with E-state index in [2.05, 4.69) is 6.58 Å². The standard InChI is InChI=1S/C20H24O5/c1-6-12(3)19(22)24-16-9-11(2)7-8-15(21)13(4)10-17-18(16)14(5)20(23)25-17/h6-7,10,16-18H,5,8-9H2,1-4H3/b11-7+,12-6-,13-10-/t16-,17-,18+/m0/s1. The molecule has 3 atom stereocenters. The molecule has 2 aliphatic rings. The summed E-state index contributed by atoms with van der Waals surface area (Å²) in [6.45, 7) is 10.8. The molecule has 0 saturated carbocycles. The SMILES string of the molecule is C=C1C(=O)O[C@H]2/C=C(/C)C(=O)C/C=C(\C)C[C@H](OC(=O)/C(C)=C\C)[C@@H]12. The molecule has 5 heteroatoms. The average Bonchev–Trinajstić information content (AvgIpc) is 2.84. The van der Waals surface area contributed by atoms with E-state index in [1.165, 1.54) is 0 Å². The zero-order chi connectivity index (χ0) is 18.7. The van der Waals surface area contributed by atoms with Gasteiger partial charge in [0, 0.05) is 24.0 Å². The van der Waals surface area contributed by atoms with Crippen molar-refractivity contribution in [2.24, 2.45) is 5.92 Å². The van der Waals surface area contributed by atoms with Crippen LogP contribution in [0, 0.1) is 5.92 Å². The third-order valence-electron chi connectivity index (χ3n) is 4.69. The molecule has 1 fully saturated rings. The summed E-state index contributed by atoms with van der Waals surface area (Å²) in [5.41, 5.74) is 2.21. The van der Waals surface area contributed by atoms with E-state index in [1.807, 2.05) is 13.0 Å². The molecule has 1 saturated heterocycles. The molecule has 0 aromatic carbocycles. The Hall–Kier alpha value is -2.43. The molecule has 0 bridgehead atoms. The minimum absolute atomic E-state index is 0.0214. The minimum atomic E-state index is -0.654. The predicted molar refractivity (Wildman–Crippen MR) is 93.6 cm³/mol. The van der Waals surface area contributed by atoms with Gasteiger partial charge in [0.05, 0.1) is 5.92 Å². The summed E-state index contributed by atoms with van der Waals surface area (Å²) in [7, 11) is 0. The maximum absolute atomic E-state index is 12.3. The average molecular weight is 344 g/mol. The maximum Gasteiger partial charge on any atom is 0.334 e. The Bertz CT molecular complexity index is 708. The highest BCUT2D eigenvalue weighted by molar-refractivity contribution is 5.96. The van der Waals surface area contributed by atoms with Crippen molar-refractivity contribution in [1.82, 2.24) is 0 Å². The summed E-state index contributed by atoms with van der Waals surface area (Å²) >= 11 is 0. The third kappa shape index (κ3) is 4.16. The molecule has 1 aliphatic carbocycles. The van der Waals surface area contributed by atoms with Crippen LogP contribution in [0.5, 0.6) is 0 Å². The van der Waals surface area contributed by atoms with Crippen LogP contribution in [0.3, 0.4) is 0 Å². The number of ether oxygens (including phenoxy) is 2. The normalized spacial score (nSPS) is 32.1. The second-order valence-electron chi connectivity index (χ2n) is 6.57. The lowest BCUT2D eigenvalue weighted by Crippen LogP contribution is -2.33. The smallest absolute Gasteiger partial charge is 0.334 e. The third-order valence-corrected chi connectivity index (χ3v) is 4.69. The van der Waals surface area contributed by atoms with Crippen molar-refractivity contribution in [2.45, 2.75) is 52.7 Å². The first-order valence-corrected chi connectivity index (χ1v) is 8.35. The summed E-state index contributed by atoms with van der Waals surface area (Å²) in [4.78, 5) is 36.4. The van der Waals surface area contributed by atoms with Crippen molar-refractivity contribution < 1.29 is 23.9 Å². The van der Waals surface area contributed by atoms with Gasteiger partial charge in [0.2, 0.25) is 0 Å². The lowest BCUT2D eigenvalue weighted by molar-refractivity contribution is -0.147. The maximum atomic E-state index is 12.3. The van der Waals surface area contributed by atoms with Crippen LogP contribution in [0.2, 0.25) is 0 Å². The van der Waals surface area contributed by atoms with Crippen LogP contribution in [0.25, 0.3) is 0 Å². The summed E-state index contributed by atoms with van der Waals surface area (Å²) < 4.78 is 11.1. The van der Waals surface area contributed by atoms with Gasteiger partial charge in [-0.1, -0.05) is 24.3 Å². The van der Waals surface area contributed by atoms with E-state index < -0.39 is 30.1 Å². The fourth-order valence-corrected chi connectivity index (χ4v) is 2.94. The van der Waals surface area contributed by atoms with Gasteiger partial charge < -0.3 is 9.47 Å². The zero-order valence-electron chi connectivity index (χ0n) is 15.1. The molecule has 0 aromatic heterocycles. The number of hydrogen-bond acceptors (Lipinski definition) is 5. The molecular formula is C20H24O5. The lowest BCUT2D eigenvalue weighted by Gasteiger charge is -2.27. The molecule has 0 radical (unpaired) electrons. The molecule has 0 aromatic rings. The van der Waals surface area contributed by atoms with Gasteiger partial charge in [0.25, 0.3) is 0 Å². The van der Waals surface area contributed by atoms with Crippen LogP contribution >= 0.6 is 0 Å². The Balaban J connectivity index is 2.44. The largest absolute Gasteiger partial charge is 0.458 e. The van der Waals surface area contributed by atoms with Crippen LogP contribution in [0.15, 0.2) is 47.1 Å². The van der Waals surface area contributed by atoms with Crippen molar-refractivity contribution in [3.63, 3.8) is 0 Å². The molecule has 1 aliphatic heterocycles. The number of fused-ring (bicyclic) bond motifs is 1. The molecule has 1 heterocycles. The number of hydrogen-bond donors (Lipinski definition) is 0. The highest BCUT2D eigenvalue weighted by Gasteiger charge is 2.44. The number of carbonyl (C=O) groups excluding carboxylic acids is 3. The first kappa shape index (κ1) is 18.9. The Kier molecular flexibility index (Phi) is 5.77. The Morgan fingerprint density at radius 3 is 2.68 bits per heavy atom. The van der Waals surface area contributed by atoms with Gasteiger partial charge in [-0.2, -0.15) is 0 Å². The number of ketones is 1. The van der Waals surface area contributed by atoms with E-state index in [4.69, 9.17) is 9.47 Å². The number of allylic oxidation sites excluding steroid dienone is 3. The van der Waals surface area contributed by atoms with Gasteiger partial charge in [-0.3, -0.25) is 4.79 Å². The summed E-state index contributed by atoms with van der Waals surface area (Å²) in [6.07, 6.45) is 4.61. The van der Waals surface area contributed by atoms with Gasteiger partial charge in [-0.15, -0.1) is 0 Å². The van der Waals surface area contributed by atoms with Crippen LogP contribution in [-0.4, -0.2) is 29.9 Å². The molecule has 2 rings (SSSR count). The highest BCUT2D eigenvalue weighted by Crippen LogP contribution is 2.36. The summed E-state index contributed by atoms with van der Waals surface area (Å²) in [5, 5.41) is 0. The molecular weight excluding hydrogens is 320 g/mol. The van der Waals surface area contributed by atoms with Crippen molar-refractivity contribution >= 4 is 17.7 Å². The quantitative estimate of drug-likeness (QED) is 0.437. The van der Waals surface area contributed by atoms with E-state index in [-0.39, 0.29) is 17.8 Å². The van der Waals surface area contributed by atoms with E-state index >= 15 is 0 Å². The fourth-order valence-electron chi connectivity index (χ4n) is 2.94. The molecule has 0 N–H and O–H groups in total.